The zero-order chi connectivity index (χ0) is 44.3. The first-order chi connectivity index (χ1) is 33.2. The molecule has 67 heavy (non-hydrogen) atoms. The minimum atomic E-state index is -0.521. The normalized spacial score (nSPS) is 12.6. The monoisotopic (exact) mass is 853 g/mol. The number of benzene rings is 11. The molecule has 1 aliphatic carbocycles. The fourth-order valence-electron chi connectivity index (χ4n) is 10.8. The average Bonchev–Trinajstić information content (AvgIpc) is 3.92. The lowest BCUT2D eigenvalue weighted by molar-refractivity contribution is 0.669. The van der Waals surface area contributed by atoms with Crippen molar-refractivity contribution in [1.29, 1.82) is 0 Å². The van der Waals surface area contributed by atoms with Crippen LogP contribution in [0, 0.1) is 0 Å². The highest BCUT2D eigenvalue weighted by atomic mass is 16.3. The van der Waals surface area contributed by atoms with E-state index in [9.17, 15) is 0 Å². The van der Waals surface area contributed by atoms with E-state index in [0.29, 0.717) is 0 Å². The largest absolute Gasteiger partial charge is 0.456 e. The summed E-state index contributed by atoms with van der Waals surface area (Å²) < 4.78 is 6.52. The number of anilines is 3. The van der Waals surface area contributed by atoms with Crippen molar-refractivity contribution in [2.45, 2.75) is 5.41 Å². The molecule has 11 aromatic carbocycles. The van der Waals surface area contributed by atoms with Crippen LogP contribution in [0.1, 0.15) is 22.3 Å². The quantitative estimate of drug-likeness (QED) is 0.151. The van der Waals surface area contributed by atoms with Crippen LogP contribution in [-0.2, 0) is 5.41 Å². The van der Waals surface area contributed by atoms with Gasteiger partial charge in [0.1, 0.15) is 11.2 Å². The Balaban J connectivity index is 0.908. The van der Waals surface area contributed by atoms with E-state index in [4.69, 9.17) is 4.42 Å². The summed E-state index contributed by atoms with van der Waals surface area (Å²) in [4.78, 5) is 2.38. The predicted octanol–water partition coefficient (Wildman–Crippen LogP) is 17.6. The molecular weight excluding hydrogens is 811 g/mol. The molecule has 1 aromatic heterocycles. The Bertz CT molecular complexity index is 3750. The van der Waals surface area contributed by atoms with Crippen LogP contribution < -0.4 is 4.90 Å². The van der Waals surface area contributed by atoms with Crippen molar-refractivity contribution in [1.82, 2.24) is 0 Å². The molecule has 0 unspecified atom stereocenters. The number of hydrogen-bond acceptors (Lipinski definition) is 2. The first-order valence-electron chi connectivity index (χ1n) is 23.1. The molecule has 0 saturated heterocycles. The van der Waals surface area contributed by atoms with Gasteiger partial charge >= 0.3 is 0 Å². The maximum Gasteiger partial charge on any atom is 0.137 e. The molecule has 2 nitrogen and oxygen atoms in total. The molecule has 0 aliphatic heterocycles. The van der Waals surface area contributed by atoms with Crippen LogP contribution in [0.25, 0.3) is 77.2 Å². The second-order valence-corrected chi connectivity index (χ2v) is 17.6. The van der Waals surface area contributed by atoms with Gasteiger partial charge < -0.3 is 9.32 Å². The van der Waals surface area contributed by atoms with Crippen molar-refractivity contribution < 1.29 is 4.42 Å². The maximum atomic E-state index is 6.52. The van der Waals surface area contributed by atoms with Gasteiger partial charge in [-0.2, -0.15) is 0 Å². The number of hydrogen-bond donors (Lipinski definition) is 0. The SMILES string of the molecule is c1ccc(C2(c3ccccc3)c3ccccc3-c3ccc(N(c4ccc(-c5ccc(-c6cccc(-c7ccc8ccccc8c7)c6)cc5)cc4)c4ccc5c(c4)oc4ccccc45)cc32)cc1. The summed E-state index contributed by atoms with van der Waals surface area (Å²) in [5, 5.41) is 4.73. The van der Waals surface area contributed by atoms with Crippen LogP contribution in [0.2, 0.25) is 0 Å². The lowest BCUT2D eigenvalue weighted by atomic mass is 9.67. The Morgan fingerprint density at radius 3 is 1.57 bits per heavy atom. The zero-order valence-corrected chi connectivity index (χ0v) is 36.7. The van der Waals surface area contributed by atoms with Crippen LogP contribution in [0.5, 0.6) is 0 Å². The van der Waals surface area contributed by atoms with Gasteiger partial charge in [-0.05, 0) is 132 Å². The molecule has 0 saturated carbocycles. The lowest BCUT2D eigenvalue weighted by Crippen LogP contribution is -2.28. The fraction of sp³-hybridized carbons (Fsp3) is 0.0154. The smallest absolute Gasteiger partial charge is 0.137 e. The second kappa shape index (κ2) is 15.8. The van der Waals surface area contributed by atoms with Crippen molar-refractivity contribution in [3.8, 4) is 44.5 Å². The number of para-hydroxylation sites is 1. The summed E-state index contributed by atoms with van der Waals surface area (Å²) in [6.45, 7) is 0. The van der Waals surface area contributed by atoms with Crippen molar-refractivity contribution in [3.05, 3.63) is 283 Å². The summed E-state index contributed by atoms with van der Waals surface area (Å²) in [5.74, 6) is 0. The molecule has 0 fully saturated rings. The van der Waals surface area contributed by atoms with E-state index >= 15 is 0 Å². The fourth-order valence-corrected chi connectivity index (χ4v) is 10.8. The molecule has 1 aliphatic rings. The highest BCUT2D eigenvalue weighted by molar-refractivity contribution is 6.06. The molecule has 0 atom stereocenters. The molecule has 0 N–H and O–H groups in total. The van der Waals surface area contributed by atoms with Crippen molar-refractivity contribution in [2.75, 3.05) is 4.90 Å². The van der Waals surface area contributed by atoms with Crippen LogP contribution >= 0.6 is 0 Å². The van der Waals surface area contributed by atoms with E-state index in [-0.39, 0.29) is 0 Å². The molecule has 0 bridgehead atoms. The molecule has 2 heteroatoms. The highest BCUT2D eigenvalue weighted by Crippen LogP contribution is 2.57. The standard InChI is InChI=1S/C65H43NO/c1-3-18-52(19-4-1)65(53-20-5-2-6-21-53)61-24-11-9-22-57(61)58-38-36-55(42-62(58)65)66(56-37-39-60-59-23-10-12-25-63(59)67-64(60)43-56)54-34-32-46(33-35-54)45-26-28-47(29-27-45)49-16-13-17-50(40-49)51-31-30-44-14-7-8-15-48(44)41-51/h1-43H. The Labute approximate surface area is 390 Å². The van der Waals surface area contributed by atoms with Gasteiger partial charge in [-0.15, -0.1) is 0 Å². The molecule has 13 rings (SSSR count). The Morgan fingerprint density at radius 2 is 0.806 bits per heavy atom. The van der Waals surface area contributed by atoms with E-state index in [1.54, 1.807) is 0 Å². The molecular formula is C65H43NO. The first-order valence-corrected chi connectivity index (χ1v) is 23.1. The van der Waals surface area contributed by atoms with Gasteiger partial charge in [0.15, 0.2) is 0 Å². The van der Waals surface area contributed by atoms with Crippen LogP contribution in [0.4, 0.5) is 17.1 Å². The van der Waals surface area contributed by atoms with Crippen molar-refractivity contribution >= 4 is 49.8 Å². The Morgan fingerprint density at radius 1 is 0.284 bits per heavy atom. The number of furan rings is 1. The van der Waals surface area contributed by atoms with Crippen molar-refractivity contribution in [2.24, 2.45) is 0 Å². The number of nitrogens with zero attached hydrogens (tertiary/aromatic N) is 1. The topological polar surface area (TPSA) is 16.4 Å². The minimum Gasteiger partial charge on any atom is -0.456 e. The van der Waals surface area contributed by atoms with Crippen LogP contribution in [0.15, 0.2) is 265 Å². The van der Waals surface area contributed by atoms with Gasteiger partial charge in [0, 0.05) is 33.9 Å². The van der Waals surface area contributed by atoms with Crippen LogP contribution in [-0.4, -0.2) is 0 Å². The van der Waals surface area contributed by atoms with E-state index < -0.39 is 5.41 Å². The molecule has 0 spiro atoms. The molecule has 1 heterocycles. The molecule has 0 radical (unpaired) electrons. The van der Waals surface area contributed by atoms with Crippen LogP contribution in [0.3, 0.4) is 0 Å². The van der Waals surface area contributed by atoms with Gasteiger partial charge in [0.2, 0.25) is 0 Å². The predicted molar refractivity (Wildman–Crippen MR) is 280 cm³/mol. The van der Waals surface area contributed by atoms with E-state index in [0.717, 1.165) is 44.6 Å². The third-order valence-electron chi connectivity index (χ3n) is 13.9. The van der Waals surface area contributed by atoms with Gasteiger partial charge in [-0.3, -0.25) is 0 Å². The van der Waals surface area contributed by atoms with Gasteiger partial charge in [0.05, 0.1) is 5.41 Å². The summed E-state index contributed by atoms with van der Waals surface area (Å²) in [5.41, 5.74) is 19.1. The summed E-state index contributed by atoms with van der Waals surface area (Å²) in [6, 6.07) is 95.0. The van der Waals surface area contributed by atoms with Gasteiger partial charge in [-0.1, -0.05) is 200 Å². The molecule has 314 valence electrons. The summed E-state index contributed by atoms with van der Waals surface area (Å²) in [7, 11) is 0. The maximum absolute atomic E-state index is 6.52. The summed E-state index contributed by atoms with van der Waals surface area (Å²) in [6.07, 6.45) is 0. The molecule has 12 aromatic rings. The number of fused-ring (bicyclic) bond motifs is 7. The van der Waals surface area contributed by atoms with Crippen molar-refractivity contribution in [3.63, 3.8) is 0 Å². The van der Waals surface area contributed by atoms with Gasteiger partial charge in [-0.25, -0.2) is 0 Å². The van der Waals surface area contributed by atoms with Gasteiger partial charge in [0.25, 0.3) is 0 Å². The van der Waals surface area contributed by atoms with E-state index in [1.165, 1.54) is 72.0 Å². The zero-order valence-electron chi connectivity index (χ0n) is 36.7. The highest BCUT2D eigenvalue weighted by Gasteiger charge is 2.46. The average molecular weight is 854 g/mol. The summed E-state index contributed by atoms with van der Waals surface area (Å²) >= 11 is 0. The lowest BCUT2D eigenvalue weighted by Gasteiger charge is -2.35. The Kier molecular flexibility index (Phi) is 9.11. The van der Waals surface area contributed by atoms with E-state index in [2.05, 4.69) is 254 Å². The Hall–Kier alpha value is -8.72. The number of rotatable bonds is 8. The molecule has 0 amide bonds. The van der Waals surface area contributed by atoms with E-state index in [1.807, 2.05) is 12.1 Å². The minimum absolute atomic E-state index is 0.521. The third-order valence-corrected chi connectivity index (χ3v) is 13.9. The first kappa shape index (κ1) is 38.7. The third kappa shape index (κ3) is 6.41. The second-order valence-electron chi connectivity index (χ2n) is 17.6.